The lowest BCUT2D eigenvalue weighted by molar-refractivity contribution is -0.214. The molecule has 0 radical (unpaired) electrons. The van der Waals surface area contributed by atoms with Gasteiger partial charge in [-0.3, -0.25) is 14.6 Å². The topological polar surface area (TPSA) is 65.5 Å². The minimum absolute atomic E-state index is 0.0472. The lowest BCUT2D eigenvalue weighted by atomic mass is 10.0. The van der Waals surface area contributed by atoms with E-state index in [2.05, 4.69) is 6.92 Å². The van der Waals surface area contributed by atoms with E-state index in [1.165, 1.54) is 23.5 Å². The van der Waals surface area contributed by atoms with Crippen LogP contribution < -0.4 is 4.89 Å². The Bertz CT molecular complexity index is 1250. The molecule has 39 heavy (non-hydrogen) atoms. The van der Waals surface area contributed by atoms with E-state index >= 15 is 0 Å². The zero-order chi connectivity index (χ0) is 28.4. The van der Waals surface area contributed by atoms with Crippen LogP contribution >= 0.6 is 11.3 Å². The number of carbonyl (C=O) groups excluding carboxylic acids is 2. The molecule has 3 aromatic rings. The highest BCUT2D eigenvalue weighted by Gasteiger charge is 2.30. The number of aromatic nitrogens is 1. The van der Waals surface area contributed by atoms with Crippen LogP contribution in [0.15, 0.2) is 42.5 Å². The molecule has 1 heterocycles. The van der Waals surface area contributed by atoms with Crippen LogP contribution in [0.25, 0.3) is 10.6 Å². The molecule has 0 unspecified atom stereocenters. The lowest BCUT2D eigenvalue weighted by Crippen LogP contribution is -2.08. The molecule has 3 rings (SSSR count). The highest BCUT2D eigenvalue weighted by Crippen LogP contribution is 2.34. The number of halogens is 3. The first-order chi connectivity index (χ1) is 18.6. The first-order valence-corrected chi connectivity index (χ1v) is 14.1. The van der Waals surface area contributed by atoms with E-state index in [1.807, 2.05) is 6.92 Å². The van der Waals surface area contributed by atoms with Crippen LogP contribution in [0.2, 0.25) is 0 Å². The third-order valence-corrected chi connectivity index (χ3v) is 7.47. The molecule has 0 bridgehead atoms. The average molecular weight is 562 g/mol. The number of benzene rings is 2. The van der Waals surface area contributed by atoms with Gasteiger partial charge in [-0.2, -0.15) is 13.2 Å². The summed E-state index contributed by atoms with van der Waals surface area (Å²) in [7, 11) is 0. The second kappa shape index (κ2) is 14.3. The SMILES string of the molecule is CCCCCCc1nc(-c2ccc(C(F)(F)F)cc2)sc1CCC(=O)c1ccc(OOC(=O)CCC)c(C)c1. The quantitative estimate of drug-likeness (QED) is 0.0852. The van der Waals surface area contributed by atoms with Gasteiger partial charge < -0.3 is 0 Å². The Balaban J connectivity index is 1.71. The van der Waals surface area contributed by atoms with Crippen molar-refractivity contribution in [3.05, 3.63) is 69.7 Å². The van der Waals surface area contributed by atoms with Gasteiger partial charge in [0, 0.05) is 28.8 Å². The molecular weight excluding hydrogens is 527 g/mol. The fourth-order valence-corrected chi connectivity index (χ4v) is 5.16. The molecule has 0 N–H and O–H groups in total. The Labute approximate surface area is 231 Å². The number of ketones is 1. The van der Waals surface area contributed by atoms with Crippen LogP contribution in [0.5, 0.6) is 5.75 Å². The minimum Gasteiger partial charge on any atom is -0.294 e. The number of thiazole rings is 1. The molecule has 1 aromatic heterocycles. The fourth-order valence-electron chi connectivity index (χ4n) is 4.04. The smallest absolute Gasteiger partial charge is 0.294 e. The van der Waals surface area contributed by atoms with E-state index in [0.717, 1.165) is 54.8 Å². The second-order valence-electron chi connectivity index (χ2n) is 9.47. The van der Waals surface area contributed by atoms with Crippen molar-refractivity contribution in [2.75, 3.05) is 0 Å². The van der Waals surface area contributed by atoms with Crippen molar-refractivity contribution in [3.63, 3.8) is 0 Å². The summed E-state index contributed by atoms with van der Waals surface area (Å²) >= 11 is 1.43. The summed E-state index contributed by atoms with van der Waals surface area (Å²) in [6.45, 7) is 5.78. The molecule has 0 amide bonds. The van der Waals surface area contributed by atoms with Gasteiger partial charge in [0.1, 0.15) is 5.01 Å². The molecule has 0 aliphatic carbocycles. The van der Waals surface area contributed by atoms with Gasteiger partial charge in [0.05, 0.1) is 11.3 Å². The molecule has 210 valence electrons. The molecule has 0 aliphatic heterocycles. The Morgan fingerprint density at radius 3 is 2.31 bits per heavy atom. The van der Waals surface area contributed by atoms with Crippen LogP contribution in [-0.4, -0.2) is 16.7 Å². The molecular formula is C30H34F3NO4S. The Hall–Kier alpha value is -3.20. The number of rotatable bonds is 14. The number of nitrogens with zero attached hydrogens (tertiary/aromatic N) is 1. The second-order valence-corrected chi connectivity index (χ2v) is 10.6. The lowest BCUT2D eigenvalue weighted by Gasteiger charge is -2.08. The number of Topliss-reactive ketones (excluding diaryl/α,β-unsaturated/α-hetero) is 1. The molecule has 0 atom stereocenters. The summed E-state index contributed by atoms with van der Waals surface area (Å²) in [4.78, 5) is 40.2. The number of hydrogen-bond donors (Lipinski definition) is 0. The summed E-state index contributed by atoms with van der Waals surface area (Å²) in [6.07, 6.45) is 2.32. The van der Waals surface area contributed by atoms with Gasteiger partial charge in [0.2, 0.25) is 0 Å². The fraction of sp³-hybridized carbons (Fsp3) is 0.433. The van der Waals surface area contributed by atoms with E-state index in [4.69, 9.17) is 14.8 Å². The van der Waals surface area contributed by atoms with Crippen molar-refractivity contribution in [2.24, 2.45) is 0 Å². The summed E-state index contributed by atoms with van der Waals surface area (Å²) in [5, 5.41) is 0.659. The number of carbonyl (C=O) groups is 2. The maximum atomic E-state index is 13.0. The van der Waals surface area contributed by atoms with Crippen molar-refractivity contribution in [1.29, 1.82) is 0 Å². The van der Waals surface area contributed by atoms with Gasteiger partial charge in [-0.1, -0.05) is 45.2 Å². The third kappa shape index (κ3) is 8.92. The predicted molar refractivity (Wildman–Crippen MR) is 146 cm³/mol. The average Bonchev–Trinajstić information content (AvgIpc) is 3.31. The van der Waals surface area contributed by atoms with E-state index in [-0.39, 0.29) is 18.6 Å². The number of aryl methyl sites for hydroxylation is 3. The molecule has 0 spiro atoms. The highest BCUT2D eigenvalue weighted by molar-refractivity contribution is 7.15. The summed E-state index contributed by atoms with van der Waals surface area (Å²) in [5.74, 6) is -0.133. The first-order valence-electron chi connectivity index (χ1n) is 13.3. The Kier molecular flexibility index (Phi) is 11.1. The molecule has 2 aromatic carbocycles. The van der Waals surface area contributed by atoms with Gasteiger partial charge in [0.25, 0.3) is 0 Å². The summed E-state index contributed by atoms with van der Waals surface area (Å²) < 4.78 is 38.9. The van der Waals surface area contributed by atoms with Crippen LogP contribution in [-0.2, 0) is 28.7 Å². The molecule has 0 saturated carbocycles. The molecule has 0 fully saturated rings. The standard InChI is InChI=1S/C30H34F3NO4S/c1-4-6-7-8-10-24-27(39-29(34-24)21-11-14-23(15-12-21)30(31,32)33)18-16-25(35)22-13-17-26(20(3)19-22)37-38-28(36)9-5-2/h11-15,17,19H,4-10,16,18H2,1-3H3. The summed E-state index contributed by atoms with van der Waals surface area (Å²) in [5.41, 5.74) is 2.04. The highest BCUT2D eigenvalue weighted by atomic mass is 32.1. The minimum atomic E-state index is -4.39. The molecule has 0 saturated heterocycles. The number of alkyl halides is 3. The van der Waals surface area contributed by atoms with Crippen molar-refractivity contribution in [1.82, 2.24) is 4.98 Å². The normalized spacial score (nSPS) is 11.4. The summed E-state index contributed by atoms with van der Waals surface area (Å²) in [6, 6.07) is 9.99. The molecule has 0 aliphatic rings. The Morgan fingerprint density at radius 2 is 1.67 bits per heavy atom. The monoisotopic (exact) mass is 561 g/mol. The molecule has 9 heteroatoms. The van der Waals surface area contributed by atoms with Crippen molar-refractivity contribution < 1.29 is 32.5 Å². The van der Waals surface area contributed by atoms with Gasteiger partial charge in [-0.15, -0.1) is 11.3 Å². The molecule has 5 nitrogen and oxygen atoms in total. The Morgan fingerprint density at radius 1 is 0.923 bits per heavy atom. The maximum Gasteiger partial charge on any atom is 0.416 e. The largest absolute Gasteiger partial charge is 0.416 e. The van der Waals surface area contributed by atoms with E-state index < -0.39 is 17.7 Å². The van der Waals surface area contributed by atoms with Gasteiger partial charge in [0.15, 0.2) is 11.5 Å². The van der Waals surface area contributed by atoms with Crippen LogP contribution in [0, 0.1) is 6.92 Å². The van der Waals surface area contributed by atoms with Gasteiger partial charge in [-0.25, -0.2) is 9.78 Å². The number of hydrogen-bond acceptors (Lipinski definition) is 6. The van der Waals surface area contributed by atoms with Gasteiger partial charge in [-0.05, 0) is 68.5 Å². The van der Waals surface area contributed by atoms with Crippen LogP contribution in [0.4, 0.5) is 13.2 Å². The van der Waals surface area contributed by atoms with Crippen LogP contribution in [0.1, 0.15) is 90.8 Å². The van der Waals surface area contributed by atoms with Gasteiger partial charge >= 0.3 is 12.1 Å². The maximum absolute atomic E-state index is 13.0. The van der Waals surface area contributed by atoms with Crippen LogP contribution in [0.3, 0.4) is 0 Å². The van der Waals surface area contributed by atoms with E-state index in [9.17, 15) is 22.8 Å². The zero-order valence-electron chi connectivity index (χ0n) is 22.5. The van der Waals surface area contributed by atoms with E-state index in [0.29, 0.717) is 40.3 Å². The van der Waals surface area contributed by atoms with Crippen molar-refractivity contribution in [2.45, 2.75) is 84.7 Å². The predicted octanol–water partition coefficient (Wildman–Crippen LogP) is 8.71. The number of unbranched alkanes of at least 4 members (excludes halogenated alkanes) is 3. The van der Waals surface area contributed by atoms with E-state index in [1.54, 1.807) is 25.1 Å². The van der Waals surface area contributed by atoms with Crippen molar-refractivity contribution in [3.8, 4) is 16.3 Å². The zero-order valence-corrected chi connectivity index (χ0v) is 23.3. The van der Waals surface area contributed by atoms with Crippen molar-refractivity contribution >= 4 is 23.1 Å². The first kappa shape index (κ1) is 30.3. The third-order valence-electron chi connectivity index (χ3n) is 6.26.